The number of nitrogens with one attached hydrogen (secondary N) is 1. The summed E-state index contributed by atoms with van der Waals surface area (Å²) in [5.41, 5.74) is 0. The standard InChI is InChI=1S/C60H105NO10/c1-4-7-10-13-16-19-22-25-26-27-28-30-33-36-39-42-45-48-55(65)71-58-57(67)56(66)54(49-62)70-60(58)69-50-51(52(63)46-43-40-37-34-32-29-23-20-17-14-11-8-5-2)61-59(68)53(64)47-44-41-38-35-31-24-21-18-15-12-9-6-3/h9,12,15-16,18-19,21,24-26,43,46,51-54,56-58,60,62-64,66-67H,4-8,10-11,13-14,17,20,22-23,27-42,44-45,47-50H2,1-3H3,(H,61,68)/b12-9+,18-15+,19-16-,24-21-,26-25-,46-43+. The molecule has 1 aliphatic rings. The molecule has 71 heavy (non-hydrogen) atoms. The zero-order chi connectivity index (χ0) is 51.8. The fourth-order valence-electron chi connectivity index (χ4n) is 8.56. The van der Waals surface area contributed by atoms with Gasteiger partial charge in [0.2, 0.25) is 5.91 Å². The highest BCUT2D eigenvalue weighted by atomic mass is 16.7. The maximum absolute atomic E-state index is 13.3. The van der Waals surface area contributed by atoms with Gasteiger partial charge in [-0.15, -0.1) is 0 Å². The molecule has 0 spiro atoms. The molecule has 1 aliphatic heterocycles. The van der Waals surface area contributed by atoms with Crippen molar-refractivity contribution in [1.29, 1.82) is 0 Å². The van der Waals surface area contributed by atoms with Crippen molar-refractivity contribution in [3.05, 3.63) is 72.9 Å². The van der Waals surface area contributed by atoms with Gasteiger partial charge >= 0.3 is 5.97 Å². The van der Waals surface area contributed by atoms with Gasteiger partial charge in [0.05, 0.1) is 25.4 Å². The van der Waals surface area contributed by atoms with Crippen LogP contribution < -0.4 is 5.32 Å². The van der Waals surface area contributed by atoms with E-state index in [0.29, 0.717) is 12.8 Å². The zero-order valence-electron chi connectivity index (χ0n) is 45.1. The number of esters is 1. The molecule has 1 amide bonds. The number of carbonyl (C=O) groups is 2. The second-order valence-corrected chi connectivity index (χ2v) is 19.7. The average Bonchev–Trinajstić information content (AvgIpc) is 3.37. The van der Waals surface area contributed by atoms with E-state index in [2.05, 4.69) is 62.5 Å². The number of allylic oxidation sites excluding steroid dienone is 11. The molecule has 410 valence electrons. The van der Waals surface area contributed by atoms with Crippen molar-refractivity contribution < 1.29 is 49.3 Å². The molecule has 1 fully saturated rings. The molecule has 8 atom stereocenters. The summed E-state index contributed by atoms with van der Waals surface area (Å²) in [6.07, 6.45) is 49.4. The fourth-order valence-corrected chi connectivity index (χ4v) is 8.56. The summed E-state index contributed by atoms with van der Waals surface area (Å²) in [5, 5.41) is 56.8. The molecule has 1 rings (SSSR count). The van der Waals surface area contributed by atoms with E-state index in [1.54, 1.807) is 6.08 Å². The van der Waals surface area contributed by atoms with Crippen molar-refractivity contribution >= 4 is 11.9 Å². The Kier molecular flexibility index (Phi) is 44.8. The van der Waals surface area contributed by atoms with Gasteiger partial charge in [0.15, 0.2) is 12.4 Å². The number of hydrogen-bond donors (Lipinski definition) is 6. The maximum atomic E-state index is 13.3. The van der Waals surface area contributed by atoms with Crippen molar-refractivity contribution in [1.82, 2.24) is 5.32 Å². The third-order valence-corrected chi connectivity index (χ3v) is 13.2. The molecular weight excluding hydrogens is 895 g/mol. The van der Waals surface area contributed by atoms with E-state index >= 15 is 0 Å². The van der Waals surface area contributed by atoms with Gasteiger partial charge in [-0.3, -0.25) is 9.59 Å². The predicted octanol–water partition coefficient (Wildman–Crippen LogP) is 12.8. The molecule has 0 aromatic rings. The van der Waals surface area contributed by atoms with Gasteiger partial charge in [-0.2, -0.15) is 0 Å². The number of aliphatic hydroxyl groups excluding tert-OH is 5. The Labute approximate surface area is 432 Å². The van der Waals surface area contributed by atoms with Crippen LogP contribution >= 0.6 is 0 Å². The lowest BCUT2D eigenvalue weighted by molar-refractivity contribution is -0.305. The van der Waals surface area contributed by atoms with Crippen molar-refractivity contribution in [2.24, 2.45) is 0 Å². The number of rotatable bonds is 47. The maximum Gasteiger partial charge on any atom is 0.306 e. The normalized spacial score (nSPS) is 20.1. The summed E-state index contributed by atoms with van der Waals surface area (Å²) >= 11 is 0. The predicted molar refractivity (Wildman–Crippen MR) is 292 cm³/mol. The number of amides is 1. The molecule has 1 saturated heterocycles. The zero-order valence-corrected chi connectivity index (χ0v) is 45.1. The number of unbranched alkanes of at least 4 members (excludes halogenated alkanes) is 25. The number of carbonyl (C=O) groups excluding carboxylic acids is 2. The smallest absolute Gasteiger partial charge is 0.306 e. The van der Waals surface area contributed by atoms with E-state index in [-0.39, 0.29) is 19.4 Å². The van der Waals surface area contributed by atoms with Crippen LogP contribution in [0.5, 0.6) is 0 Å². The third kappa shape index (κ3) is 36.6. The molecule has 8 unspecified atom stereocenters. The second-order valence-electron chi connectivity index (χ2n) is 19.7. The van der Waals surface area contributed by atoms with Crippen LogP contribution in [0.25, 0.3) is 0 Å². The number of hydrogen-bond acceptors (Lipinski definition) is 10. The van der Waals surface area contributed by atoms with Crippen LogP contribution in [0.2, 0.25) is 0 Å². The first kappa shape index (κ1) is 66.1. The highest BCUT2D eigenvalue weighted by Gasteiger charge is 2.47. The number of ether oxygens (including phenoxy) is 3. The molecule has 0 aromatic carbocycles. The third-order valence-electron chi connectivity index (χ3n) is 13.2. The first-order valence-corrected chi connectivity index (χ1v) is 28.7. The minimum atomic E-state index is -1.62. The first-order chi connectivity index (χ1) is 34.7. The van der Waals surface area contributed by atoms with Crippen molar-refractivity contribution in [3.8, 4) is 0 Å². The van der Waals surface area contributed by atoms with E-state index < -0.39 is 67.4 Å². The van der Waals surface area contributed by atoms with Crippen LogP contribution in [0.4, 0.5) is 0 Å². The molecule has 1 heterocycles. The van der Waals surface area contributed by atoms with E-state index in [1.807, 2.05) is 30.4 Å². The van der Waals surface area contributed by atoms with Crippen LogP contribution in [0.3, 0.4) is 0 Å². The Hall–Kier alpha value is -2.90. The molecule has 0 radical (unpaired) electrons. The lowest BCUT2D eigenvalue weighted by Gasteiger charge is -2.41. The van der Waals surface area contributed by atoms with Crippen LogP contribution in [0.15, 0.2) is 72.9 Å². The van der Waals surface area contributed by atoms with Gasteiger partial charge in [-0.05, 0) is 77.0 Å². The quantitative estimate of drug-likeness (QED) is 0.0149. The van der Waals surface area contributed by atoms with E-state index in [4.69, 9.17) is 14.2 Å². The number of aliphatic hydroxyl groups is 5. The Morgan fingerprint density at radius 2 is 1.07 bits per heavy atom. The van der Waals surface area contributed by atoms with E-state index in [1.165, 1.54) is 96.3 Å². The molecule has 11 nitrogen and oxygen atoms in total. The van der Waals surface area contributed by atoms with Crippen LogP contribution in [0, 0.1) is 0 Å². The Bertz CT molecular complexity index is 1430. The molecule has 0 saturated carbocycles. The lowest BCUT2D eigenvalue weighted by atomic mass is 9.99. The highest BCUT2D eigenvalue weighted by Crippen LogP contribution is 2.26. The SMILES string of the molecule is CC/C=C/C=C/C=C\CCCCCCC(O)C(=O)NC(COC1OC(CO)C(O)C(O)C1OC(=O)CCCCCCCCC/C=C\C/C=C\CCCCC)C(O)/C=C/CCCCCCCCCCCCC. The topological polar surface area (TPSA) is 175 Å². The summed E-state index contributed by atoms with van der Waals surface area (Å²) in [6.45, 7) is 5.59. The molecular formula is C60H105NO10. The van der Waals surface area contributed by atoms with E-state index in [9.17, 15) is 35.1 Å². The van der Waals surface area contributed by atoms with Gasteiger partial charge in [-0.25, -0.2) is 0 Å². The van der Waals surface area contributed by atoms with E-state index in [0.717, 1.165) is 89.9 Å². The Morgan fingerprint density at radius 3 is 1.65 bits per heavy atom. The summed E-state index contributed by atoms with van der Waals surface area (Å²) < 4.78 is 17.6. The van der Waals surface area contributed by atoms with Gasteiger partial charge in [0, 0.05) is 6.42 Å². The summed E-state index contributed by atoms with van der Waals surface area (Å²) in [7, 11) is 0. The van der Waals surface area contributed by atoms with Gasteiger partial charge in [0.1, 0.15) is 24.4 Å². The van der Waals surface area contributed by atoms with Crippen LogP contribution in [-0.2, 0) is 23.8 Å². The summed E-state index contributed by atoms with van der Waals surface area (Å²) in [6, 6.07) is -1.04. The molecule has 11 heteroatoms. The van der Waals surface area contributed by atoms with Gasteiger partial charge in [0.25, 0.3) is 0 Å². The van der Waals surface area contributed by atoms with Crippen LogP contribution in [-0.4, -0.2) is 99.6 Å². The Morgan fingerprint density at radius 1 is 0.577 bits per heavy atom. The molecule has 6 N–H and O–H groups in total. The van der Waals surface area contributed by atoms with Gasteiger partial charge < -0.3 is 45.1 Å². The first-order valence-electron chi connectivity index (χ1n) is 28.7. The van der Waals surface area contributed by atoms with Gasteiger partial charge in [-0.1, -0.05) is 222 Å². The average molecular weight is 1000 g/mol. The van der Waals surface area contributed by atoms with Crippen molar-refractivity contribution in [3.63, 3.8) is 0 Å². The summed E-state index contributed by atoms with van der Waals surface area (Å²) in [4.78, 5) is 26.4. The minimum Gasteiger partial charge on any atom is -0.454 e. The second kappa shape index (κ2) is 48.1. The molecule has 0 bridgehead atoms. The highest BCUT2D eigenvalue weighted by molar-refractivity contribution is 5.80. The lowest BCUT2D eigenvalue weighted by Crippen LogP contribution is -2.61. The van der Waals surface area contributed by atoms with Crippen molar-refractivity contribution in [2.75, 3.05) is 13.2 Å². The Balaban J connectivity index is 2.75. The largest absolute Gasteiger partial charge is 0.454 e. The fraction of sp³-hybridized carbons (Fsp3) is 0.767. The minimum absolute atomic E-state index is 0.109. The monoisotopic (exact) mass is 1000 g/mol. The molecule has 0 aromatic heterocycles. The summed E-state index contributed by atoms with van der Waals surface area (Å²) in [5.74, 6) is -1.23. The van der Waals surface area contributed by atoms with Crippen molar-refractivity contribution in [2.45, 2.75) is 282 Å². The van der Waals surface area contributed by atoms with Crippen LogP contribution in [0.1, 0.15) is 233 Å². The molecule has 0 aliphatic carbocycles.